The monoisotopic (exact) mass is 422 g/mol. The minimum absolute atomic E-state index is 0. The molecule has 0 radical (unpaired) electrons. The van der Waals surface area contributed by atoms with Gasteiger partial charge in [-0.15, -0.1) is 12.4 Å². The Morgan fingerprint density at radius 1 is 1.15 bits per heavy atom. The lowest BCUT2D eigenvalue weighted by molar-refractivity contribution is 0.432. The van der Waals surface area contributed by atoms with E-state index in [4.69, 9.17) is 23.2 Å². The largest absolute Gasteiger partial charge is 0.315 e. The summed E-state index contributed by atoms with van der Waals surface area (Å²) in [5, 5.41) is 3.70. The van der Waals surface area contributed by atoms with Crippen molar-refractivity contribution in [3.8, 4) is 0 Å². The van der Waals surface area contributed by atoms with Gasteiger partial charge in [0.05, 0.1) is 10.0 Å². The van der Waals surface area contributed by atoms with Crippen LogP contribution in [0.15, 0.2) is 21.5 Å². The predicted molar refractivity (Wildman–Crippen MR) is 87.7 cm³/mol. The number of nitrogens with one attached hydrogen (secondary N) is 1. The zero-order chi connectivity index (χ0) is 14.0. The second kappa shape index (κ2) is 7.63. The summed E-state index contributed by atoms with van der Waals surface area (Å²) in [6.45, 7) is 2.40. The van der Waals surface area contributed by atoms with Crippen LogP contribution in [-0.4, -0.2) is 38.9 Å². The van der Waals surface area contributed by atoms with E-state index in [0.717, 1.165) is 13.0 Å². The van der Waals surface area contributed by atoms with Gasteiger partial charge in [-0.2, -0.15) is 4.31 Å². The molecule has 0 spiro atoms. The molecule has 1 aliphatic heterocycles. The molecular weight excluding hydrogens is 410 g/mol. The number of hydrogen-bond donors (Lipinski definition) is 1. The average molecular weight is 425 g/mol. The molecule has 0 aromatic heterocycles. The highest BCUT2D eigenvalue weighted by Gasteiger charge is 2.27. The molecule has 20 heavy (non-hydrogen) atoms. The van der Waals surface area contributed by atoms with E-state index in [1.165, 1.54) is 16.4 Å². The van der Waals surface area contributed by atoms with E-state index in [2.05, 4.69) is 21.2 Å². The fraction of sp³-hybridized carbons (Fsp3) is 0.455. The molecule has 9 heteroatoms. The first-order valence-corrected chi connectivity index (χ1v) is 8.77. The topological polar surface area (TPSA) is 49.4 Å². The van der Waals surface area contributed by atoms with E-state index >= 15 is 0 Å². The molecule has 1 aromatic carbocycles. The third-order valence-electron chi connectivity index (χ3n) is 2.89. The molecule has 0 unspecified atom stereocenters. The second-order valence-electron chi connectivity index (χ2n) is 4.20. The normalized spacial score (nSPS) is 17.4. The van der Waals surface area contributed by atoms with Gasteiger partial charge in [-0.05, 0) is 41.0 Å². The zero-order valence-corrected chi connectivity index (χ0v) is 15.1. The summed E-state index contributed by atoms with van der Waals surface area (Å²) in [6.07, 6.45) is 0.783. The van der Waals surface area contributed by atoms with Gasteiger partial charge in [0.2, 0.25) is 10.0 Å². The van der Waals surface area contributed by atoms with Gasteiger partial charge in [-0.25, -0.2) is 8.42 Å². The van der Waals surface area contributed by atoms with Crippen molar-refractivity contribution in [3.05, 3.63) is 26.7 Å². The van der Waals surface area contributed by atoms with Gasteiger partial charge in [0, 0.05) is 24.1 Å². The highest BCUT2D eigenvalue weighted by atomic mass is 79.9. The lowest BCUT2D eigenvalue weighted by Gasteiger charge is -2.20. The Labute approximate surface area is 143 Å². The summed E-state index contributed by atoms with van der Waals surface area (Å²) in [5.41, 5.74) is 0. The van der Waals surface area contributed by atoms with Crippen molar-refractivity contribution in [2.24, 2.45) is 0 Å². The molecule has 1 heterocycles. The van der Waals surface area contributed by atoms with Crippen molar-refractivity contribution in [3.63, 3.8) is 0 Å². The molecule has 1 saturated heterocycles. The van der Waals surface area contributed by atoms with Gasteiger partial charge in [0.25, 0.3) is 0 Å². The first-order chi connectivity index (χ1) is 8.93. The first kappa shape index (κ1) is 18.5. The van der Waals surface area contributed by atoms with Gasteiger partial charge < -0.3 is 5.32 Å². The summed E-state index contributed by atoms with van der Waals surface area (Å²) in [6, 6.07) is 2.90. The number of sulfonamides is 1. The van der Waals surface area contributed by atoms with Gasteiger partial charge in [0.15, 0.2) is 0 Å². The molecule has 0 aliphatic carbocycles. The van der Waals surface area contributed by atoms with Crippen LogP contribution in [0.5, 0.6) is 0 Å². The average Bonchev–Trinajstić information content (AvgIpc) is 2.62. The fourth-order valence-corrected chi connectivity index (χ4v) is 4.62. The highest BCUT2D eigenvalue weighted by molar-refractivity contribution is 9.10. The minimum Gasteiger partial charge on any atom is -0.315 e. The van der Waals surface area contributed by atoms with Gasteiger partial charge >= 0.3 is 0 Å². The summed E-state index contributed by atoms with van der Waals surface area (Å²) in [5.74, 6) is 0. The van der Waals surface area contributed by atoms with E-state index in [1.807, 2.05) is 0 Å². The van der Waals surface area contributed by atoms with Crippen LogP contribution in [0, 0.1) is 0 Å². The highest BCUT2D eigenvalue weighted by Crippen LogP contribution is 2.33. The molecule has 1 fully saturated rings. The van der Waals surface area contributed by atoms with Crippen LogP contribution in [0.3, 0.4) is 0 Å². The van der Waals surface area contributed by atoms with Crippen molar-refractivity contribution in [1.82, 2.24) is 9.62 Å². The Morgan fingerprint density at radius 2 is 1.85 bits per heavy atom. The van der Waals surface area contributed by atoms with E-state index in [-0.39, 0.29) is 22.3 Å². The number of hydrogen-bond acceptors (Lipinski definition) is 3. The Kier molecular flexibility index (Phi) is 7.05. The SMILES string of the molecule is Cl.O=S(=O)(c1cc(Br)c(Cl)cc1Cl)N1CCCNCC1. The fourth-order valence-electron chi connectivity index (χ4n) is 1.90. The van der Waals surface area contributed by atoms with Crippen molar-refractivity contribution < 1.29 is 8.42 Å². The summed E-state index contributed by atoms with van der Waals surface area (Å²) < 4.78 is 27.1. The number of halogens is 4. The third-order valence-corrected chi connectivity index (χ3v) is 6.45. The lowest BCUT2D eigenvalue weighted by atomic mass is 10.4. The van der Waals surface area contributed by atoms with Crippen LogP contribution in [0.1, 0.15) is 6.42 Å². The smallest absolute Gasteiger partial charge is 0.244 e. The maximum Gasteiger partial charge on any atom is 0.244 e. The van der Waals surface area contributed by atoms with E-state index in [1.54, 1.807) is 0 Å². The van der Waals surface area contributed by atoms with Crippen LogP contribution in [0.4, 0.5) is 0 Å². The summed E-state index contributed by atoms with van der Waals surface area (Å²) in [7, 11) is -3.58. The molecule has 2 rings (SSSR count). The van der Waals surface area contributed by atoms with Crippen LogP contribution in [0.2, 0.25) is 10.0 Å². The van der Waals surface area contributed by atoms with Crippen LogP contribution in [0.25, 0.3) is 0 Å². The van der Waals surface area contributed by atoms with Crippen molar-refractivity contribution in [2.45, 2.75) is 11.3 Å². The van der Waals surface area contributed by atoms with E-state index in [0.29, 0.717) is 29.1 Å². The molecule has 0 atom stereocenters. The molecule has 0 bridgehead atoms. The van der Waals surface area contributed by atoms with Gasteiger partial charge in [-0.3, -0.25) is 0 Å². The van der Waals surface area contributed by atoms with E-state index < -0.39 is 10.0 Å². The Morgan fingerprint density at radius 3 is 2.55 bits per heavy atom. The number of rotatable bonds is 2. The Hall–Kier alpha value is 0.440. The number of benzene rings is 1. The van der Waals surface area contributed by atoms with Crippen LogP contribution < -0.4 is 5.32 Å². The zero-order valence-electron chi connectivity index (χ0n) is 10.4. The van der Waals surface area contributed by atoms with Gasteiger partial charge in [0.1, 0.15) is 4.90 Å². The predicted octanol–water partition coefficient (Wildman–Crippen LogP) is 3.16. The molecular formula is C11H14BrCl3N2O2S. The molecule has 0 amide bonds. The Bertz CT molecular complexity index is 575. The maximum atomic E-state index is 12.6. The molecule has 0 saturated carbocycles. The van der Waals surface area contributed by atoms with E-state index in [9.17, 15) is 8.42 Å². The van der Waals surface area contributed by atoms with Crippen molar-refractivity contribution >= 4 is 61.6 Å². The molecule has 1 aromatic rings. The standard InChI is InChI=1S/C11H13BrCl2N2O2S.ClH/c12-8-6-11(10(14)7-9(8)13)19(17,18)16-4-1-2-15-3-5-16;/h6-7,15H,1-5H2;1H. The molecule has 4 nitrogen and oxygen atoms in total. The molecule has 114 valence electrons. The van der Waals surface area contributed by atoms with Crippen molar-refractivity contribution in [1.29, 1.82) is 0 Å². The van der Waals surface area contributed by atoms with Crippen LogP contribution >= 0.6 is 51.5 Å². The number of nitrogens with zero attached hydrogens (tertiary/aromatic N) is 1. The second-order valence-corrected chi connectivity index (χ2v) is 7.78. The quantitative estimate of drug-likeness (QED) is 0.742. The minimum atomic E-state index is -3.58. The Balaban J connectivity index is 0.00000200. The first-order valence-electron chi connectivity index (χ1n) is 5.78. The third kappa shape index (κ3) is 4.00. The van der Waals surface area contributed by atoms with Crippen molar-refractivity contribution in [2.75, 3.05) is 26.2 Å². The maximum absolute atomic E-state index is 12.6. The van der Waals surface area contributed by atoms with Crippen LogP contribution in [-0.2, 0) is 10.0 Å². The summed E-state index contributed by atoms with van der Waals surface area (Å²) >= 11 is 15.1. The van der Waals surface area contributed by atoms with Gasteiger partial charge in [-0.1, -0.05) is 23.2 Å². The summed E-state index contributed by atoms with van der Waals surface area (Å²) in [4.78, 5) is 0.0901. The lowest BCUT2D eigenvalue weighted by Crippen LogP contribution is -2.34. The molecule has 1 aliphatic rings. The molecule has 1 N–H and O–H groups in total.